The predicted molar refractivity (Wildman–Crippen MR) is 106 cm³/mol. The van der Waals surface area contributed by atoms with Crippen LogP contribution in [-0.4, -0.2) is 55.6 Å². The molecule has 0 unspecified atom stereocenters. The maximum Gasteiger partial charge on any atom is 0.243 e. The van der Waals surface area contributed by atoms with Gasteiger partial charge in [0.2, 0.25) is 18.6 Å². The van der Waals surface area contributed by atoms with Gasteiger partial charge in [0.1, 0.15) is 0 Å². The van der Waals surface area contributed by atoms with E-state index in [-0.39, 0.29) is 31.7 Å². The van der Waals surface area contributed by atoms with Crippen LogP contribution < -0.4 is 14.8 Å². The number of aryl methyl sites for hydroxylation is 1. The highest BCUT2D eigenvalue weighted by molar-refractivity contribution is 5.94. The van der Waals surface area contributed by atoms with E-state index in [0.29, 0.717) is 6.54 Å². The average molecular weight is 383 g/mol. The van der Waals surface area contributed by atoms with Crippen LogP contribution in [0.1, 0.15) is 11.1 Å². The molecule has 0 bridgehead atoms. The Labute approximate surface area is 164 Å². The van der Waals surface area contributed by atoms with Crippen LogP contribution in [0.25, 0.3) is 0 Å². The van der Waals surface area contributed by atoms with Gasteiger partial charge in [-0.25, -0.2) is 0 Å². The minimum atomic E-state index is -0.224. The second-order valence-electron chi connectivity index (χ2n) is 7.02. The molecule has 1 aliphatic heterocycles. The molecule has 0 radical (unpaired) electrons. The third-order valence-corrected chi connectivity index (χ3v) is 4.44. The summed E-state index contributed by atoms with van der Waals surface area (Å²) in [6, 6.07) is 13.3. The van der Waals surface area contributed by atoms with E-state index < -0.39 is 0 Å². The minimum Gasteiger partial charge on any atom is -0.454 e. The molecule has 3 rings (SSSR count). The van der Waals surface area contributed by atoms with Crippen LogP contribution in [0.2, 0.25) is 0 Å². The van der Waals surface area contributed by atoms with E-state index >= 15 is 0 Å². The van der Waals surface area contributed by atoms with Crippen molar-refractivity contribution in [3.8, 4) is 11.5 Å². The van der Waals surface area contributed by atoms with Crippen LogP contribution in [0.5, 0.6) is 11.5 Å². The fourth-order valence-corrected chi connectivity index (χ4v) is 2.90. The lowest BCUT2D eigenvalue weighted by Gasteiger charge is -2.21. The summed E-state index contributed by atoms with van der Waals surface area (Å²) in [4.78, 5) is 27.9. The van der Waals surface area contributed by atoms with Crippen molar-refractivity contribution in [2.24, 2.45) is 0 Å². The molecule has 2 amide bonds. The molecule has 7 heteroatoms. The first-order chi connectivity index (χ1) is 13.4. The molecule has 0 aliphatic carbocycles. The fourth-order valence-electron chi connectivity index (χ4n) is 2.90. The number of hydrogen-bond acceptors (Lipinski definition) is 5. The van der Waals surface area contributed by atoms with Crippen LogP contribution in [0.15, 0.2) is 42.5 Å². The molecule has 2 aromatic rings. The Morgan fingerprint density at radius 1 is 1.00 bits per heavy atom. The topological polar surface area (TPSA) is 71.1 Å². The Morgan fingerprint density at radius 3 is 2.46 bits per heavy atom. The molecule has 1 heterocycles. The lowest BCUT2D eigenvalue weighted by atomic mass is 10.2. The summed E-state index contributed by atoms with van der Waals surface area (Å²) >= 11 is 0. The number of nitrogens with zero attached hydrogens (tertiary/aromatic N) is 2. The molecule has 0 saturated carbocycles. The summed E-state index contributed by atoms with van der Waals surface area (Å²) in [5, 5.41) is 2.80. The zero-order valence-corrected chi connectivity index (χ0v) is 16.4. The summed E-state index contributed by atoms with van der Waals surface area (Å²) in [6.45, 7) is 3.03. The van der Waals surface area contributed by atoms with Crippen LogP contribution in [0.4, 0.5) is 5.69 Å². The van der Waals surface area contributed by atoms with Crippen molar-refractivity contribution in [3.05, 3.63) is 53.6 Å². The molecule has 0 aromatic heterocycles. The average Bonchev–Trinajstić information content (AvgIpc) is 3.11. The smallest absolute Gasteiger partial charge is 0.243 e. The SMILES string of the molecule is Cc1ccc(NC(=O)CN(C)C(=O)CN(C)Cc2ccc3c(c2)OCO3)cc1. The van der Waals surface area contributed by atoms with Crippen molar-refractivity contribution < 1.29 is 19.1 Å². The van der Waals surface area contributed by atoms with Crippen molar-refractivity contribution in [2.75, 3.05) is 39.3 Å². The highest BCUT2D eigenvalue weighted by Gasteiger charge is 2.17. The van der Waals surface area contributed by atoms with Gasteiger partial charge in [-0.05, 0) is 43.8 Å². The van der Waals surface area contributed by atoms with Gasteiger partial charge >= 0.3 is 0 Å². The number of rotatable bonds is 7. The Bertz CT molecular complexity index is 851. The van der Waals surface area contributed by atoms with Gasteiger partial charge in [0, 0.05) is 19.3 Å². The van der Waals surface area contributed by atoms with Crippen LogP contribution >= 0.6 is 0 Å². The van der Waals surface area contributed by atoms with Crippen LogP contribution in [-0.2, 0) is 16.1 Å². The summed E-state index contributed by atoms with van der Waals surface area (Å²) in [6.07, 6.45) is 0. The Morgan fingerprint density at radius 2 is 1.71 bits per heavy atom. The number of anilines is 1. The van der Waals surface area contributed by atoms with E-state index in [4.69, 9.17) is 9.47 Å². The zero-order chi connectivity index (χ0) is 20.1. The Hall–Kier alpha value is -3.06. The van der Waals surface area contributed by atoms with Gasteiger partial charge in [-0.1, -0.05) is 23.8 Å². The maximum absolute atomic E-state index is 12.4. The number of nitrogens with one attached hydrogen (secondary N) is 1. The maximum atomic E-state index is 12.4. The van der Waals surface area contributed by atoms with E-state index in [1.807, 2.05) is 61.3 Å². The molecule has 1 aliphatic rings. The molecule has 0 spiro atoms. The fraction of sp³-hybridized carbons (Fsp3) is 0.333. The molecule has 2 aromatic carbocycles. The third kappa shape index (κ3) is 5.23. The molecule has 0 saturated heterocycles. The van der Waals surface area contributed by atoms with Crippen molar-refractivity contribution in [1.29, 1.82) is 0 Å². The molecule has 7 nitrogen and oxygen atoms in total. The number of carbonyl (C=O) groups excluding carboxylic acids is 2. The van der Waals surface area contributed by atoms with E-state index in [0.717, 1.165) is 28.3 Å². The first-order valence-corrected chi connectivity index (χ1v) is 9.08. The molecule has 1 N–H and O–H groups in total. The summed E-state index contributed by atoms with van der Waals surface area (Å²) in [5.41, 5.74) is 2.87. The van der Waals surface area contributed by atoms with E-state index in [1.165, 1.54) is 4.90 Å². The highest BCUT2D eigenvalue weighted by atomic mass is 16.7. The number of hydrogen-bond donors (Lipinski definition) is 1. The van der Waals surface area contributed by atoms with Gasteiger partial charge in [-0.3, -0.25) is 14.5 Å². The van der Waals surface area contributed by atoms with E-state index in [1.54, 1.807) is 7.05 Å². The van der Waals surface area contributed by atoms with Gasteiger partial charge in [0.05, 0.1) is 13.1 Å². The number of amides is 2. The van der Waals surface area contributed by atoms with E-state index in [9.17, 15) is 9.59 Å². The van der Waals surface area contributed by atoms with Gasteiger partial charge in [0.25, 0.3) is 0 Å². The van der Waals surface area contributed by atoms with Crippen LogP contribution in [0.3, 0.4) is 0 Å². The molecule has 148 valence electrons. The van der Waals surface area contributed by atoms with Crippen molar-refractivity contribution in [2.45, 2.75) is 13.5 Å². The van der Waals surface area contributed by atoms with Crippen LogP contribution in [0, 0.1) is 6.92 Å². The predicted octanol–water partition coefficient (Wildman–Crippen LogP) is 2.25. The molecule has 28 heavy (non-hydrogen) atoms. The molecule has 0 atom stereocenters. The first kappa shape index (κ1) is 19.7. The second kappa shape index (κ2) is 8.75. The largest absolute Gasteiger partial charge is 0.454 e. The zero-order valence-electron chi connectivity index (χ0n) is 16.4. The number of likely N-dealkylation sites (N-methyl/N-ethyl adjacent to an activating group) is 2. The third-order valence-electron chi connectivity index (χ3n) is 4.44. The quantitative estimate of drug-likeness (QED) is 0.794. The summed E-state index contributed by atoms with van der Waals surface area (Å²) in [7, 11) is 3.49. The van der Waals surface area contributed by atoms with E-state index in [2.05, 4.69) is 5.32 Å². The lowest BCUT2D eigenvalue weighted by Crippen LogP contribution is -2.40. The second-order valence-corrected chi connectivity index (χ2v) is 7.02. The lowest BCUT2D eigenvalue weighted by molar-refractivity contribution is -0.134. The molecular weight excluding hydrogens is 358 g/mol. The normalized spacial score (nSPS) is 12.1. The number of benzene rings is 2. The van der Waals surface area contributed by atoms with Gasteiger partial charge in [0.15, 0.2) is 11.5 Å². The number of ether oxygens (including phenoxy) is 2. The highest BCUT2D eigenvalue weighted by Crippen LogP contribution is 2.32. The summed E-state index contributed by atoms with van der Waals surface area (Å²) < 4.78 is 10.7. The standard InChI is InChI=1S/C21H25N3O4/c1-15-4-7-17(8-5-15)22-20(25)12-24(3)21(26)13-23(2)11-16-6-9-18-19(10-16)28-14-27-18/h4-10H,11-14H2,1-3H3,(H,22,25). The van der Waals surface area contributed by atoms with Gasteiger partial charge in [-0.2, -0.15) is 0 Å². The number of fused-ring (bicyclic) bond motifs is 1. The van der Waals surface area contributed by atoms with Crippen molar-refractivity contribution in [1.82, 2.24) is 9.80 Å². The van der Waals surface area contributed by atoms with Gasteiger partial charge < -0.3 is 19.7 Å². The first-order valence-electron chi connectivity index (χ1n) is 9.08. The molecule has 0 fully saturated rings. The van der Waals surface area contributed by atoms with Gasteiger partial charge in [-0.15, -0.1) is 0 Å². The Balaban J connectivity index is 1.46. The van der Waals surface area contributed by atoms with Crippen molar-refractivity contribution >= 4 is 17.5 Å². The van der Waals surface area contributed by atoms with Crippen molar-refractivity contribution in [3.63, 3.8) is 0 Å². The number of carbonyl (C=O) groups is 2. The summed E-state index contributed by atoms with van der Waals surface area (Å²) in [5.74, 6) is 1.12. The monoisotopic (exact) mass is 383 g/mol. The molecular formula is C21H25N3O4. The Kier molecular flexibility index (Phi) is 6.16. The minimum absolute atomic E-state index is 0.00454.